The van der Waals surface area contributed by atoms with Crippen molar-refractivity contribution in [3.8, 4) is 0 Å². The standard InChI is InChI=1S/C10H17BrN4/c1-4-15(5-7(2)3)10-8(11)9(12)13-6-14-10/h6-7H,4-5H2,1-3H3,(H2,12,13,14). The van der Waals surface area contributed by atoms with Crippen LogP contribution in [0.2, 0.25) is 0 Å². The van der Waals surface area contributed by atoms with Crippen molar-refractivity contribution in [2.24, 2.45) is 5.92 Å². The highest BCUT2D eigenvalue weighted by molar-refractivity contribution is 9.10. The first kappa shape index (κ1) is 12.2. The average molecular weight is 273 g/mol. The Hall–Kier alpha value is -0.840. The molecule has 0 fully saturated rings. The van der Waals surface area contributed by atoms with Crippen molar-refractivity contribution in [1.29, 1.82) is 0 Å². The van der Waals surface area contributed by atoms with Crippen LogP contribution < -0.4 is 10.6 Å². The summed E-state index contributed by atoms with van der Waals surface area (Å²) in [6.07, 6.45) is 1.50. The number of nitrogen functional groups attached to an aromatic ring is 1. The van der Waals surface area contributed by atoms with E-state index in [4.69, 9.17) is 5.73 Å². The topological polar surface area (TPSA) is 55.0 Å². The van der Waals surface area contributed by atoms with Crippen LogP contribution in [0.25, 0.3) is 0 Å². The second-order valence-electron chi connectivity index (χ2n) is 3.83. The number of nitrogens with zero attached hydrogens (tertiary/aromatic N) is 3. The van der Waals surface area contributed by atoms with E-state index in [9.17, 15) is 0 Å². The van der Waals surface area contributed by atoms with Gasteiger partial charge in [0.1, 0.15) is 22.4 Å². The van der Waals surface area contributed by atoms with Crippen LogP contribution in [0.3, 0.4) is 0 Å². The third-order valence-electron chi connectivity index (χ3n) is 2.06. The fourth-order valence-electron chi connectivity index (χ4n) is 1.40. The highest BCUT2D eigenvalue weighted by Gasteiger charge is 2.13. The molecule has 1 aromatic rings. The maximum Gasteiger partial charge on any atom is 0.148 e. The van der Waals surface area contributed by atoms with Gasteiger partial charge in [-0.05, 0) is 28.8 Å². The summed E-state index contributed by atoms with van der Waals surface area (Å²) in [6.45, 7) is 8.34. The van der Waals surface area contributed by atoms with Crippen molar-refractivity contribution in [2.45, 2.75) is 20.8 Å². The molecule has 2 N–H and O–H groups in total. The lowest BCUT2D eigenvalue weighted by Crippen LogP contribution is -2.28. The maximum absolute atomic E-state index is 5.72. The Kier molecular flexibility index (Phi) is 4.32. The molecule has 0 aromatic carbocycles. The Morgan fingerprint density at radius 2 is 2.13 bits per heavy atom. The predicted octanol–water partition coefficient (Wildman–Crippen LogP) is 2.30. The van der Waals surface area contributed by atoms with Gasteiger partial charge in [0.05, 0.1) is 0 Å². The molecule has 0 saturated heterocycles. The molecule has 0 aliphatic heterocycles. The van der Waals surface area contributed by atoms with Crippen LogP contribution in [0.15, 0.2) is 10.8 Å². The van der Waals surface area contributed by atoms with E-state index in [1.165, 1.54) is 6.33 Å². The van der Waals surface area contributed by atoms with E-state index < -0.39 is 0 Å². The minimum absolute atomic E-state index is 0.488. The molecule has 1 rings (SSSR count). The molecule has 0 radical (unpaired) electrons. The summed E-state index contributed by atoms with van der Waals surface area (Å²) in [5.74, 6) is 1.95. The molecule has 15 heavy (non-hydrogen) atoms. The van der Waals surface area contributed by atoms with E-state index in [-0.39, 0.29) is 0 Å². The fourth-order valence-corrected chi connectivity index (χ4v) is 1.86. The van der Waals surface area contributed by atoms with E-state index >= 15 is 0 Å². The van der Waals surface area contributed by atoms with Gasteiger partial charge >= 0.3 is 0 Å². The highest BCUT2D eigenvalue weighted by atomic mass is 79.9. The van der Waals surface area contributed by atoms with Crippen molar-refractivity contribution in [3.05, 3.63) is 10.8 Å². The number of aromatic nitrogens is 2. The SMILES string of the molecule is CCN(CC(C)C)c1ncnc(N)c1Br. The molecule has 0 atom stereocenters. The summed E-state index contributed by atoms with van der Waals surface area (Å²) >= 11 is 3.42. The van der Waals surface area contributed by atoms with Crippen LogP contribution in [0.5, 0.6) is 0 Å². The van der Waals surface area contributed by atoms with Gasteiger partial charge in [-0.2, -0.15) is 0 Å². The van der Waals surface area contributed by atoms with Crippen LogP contribution in [0.4, 0.5) is 11.6 Å². The summed E-state index contributed by atoms with van der Waals surface area (Å²) in [5.41, 5.74) is 5.72. The molecule has 5 heteroatoms. The molecule has 1 heterocycles. The van der Waals surface area contributed by atoms with Crippen LogP contribution in [0, 0.1) is 5.92 Å². The Morgan fingerprint density at radius 3 is 2.67 bits per heavy atom. The van der Waals surface area contributed by atoms with Crippen molar-refractivity contribution >= 4 is 27.6 Å². The Labute approximate surface area is 99.0 Å². The Bertz CT molecular complexity index is 327. The van der Waals surface area contributed by atoms with E-state index in [0.717, 1.165) is 23.4 Å². The summed E-state index contributed by atoms with van der Waals surface area (Å²) in [4.78, 5) is 10.4. The molecular weight excluding hydrogens is 256 g/mol. The van der Waals surface area contributed by atoms with Crippen molar-refractivity contribution in [1.82, 2.24) is 9.97 Å². The summed E-state index contributed by atoms with van der Waals surface area (Å²) < 4.78 is 0.785. The van der Waals surface area contributed by atoms with Crippen molar-refractivity contribution in [2.75, 3.05) is 23.7 Å². The fraction of sp³-hybridized carbons (Fsp3) is 0.600. The maximum atomic E-state index is 5.72. The number of anilines is 2. The van der Waals surface area contributed by atoms with E-state index in [2.05, 4.69) is 51.6 Å². The molecule has 0 amide bonds. The lowest BCUT2D eigenvalue weighted by Gasteiger charge is -2.24. The third kappa shape index (κ3) is 3.06. The molecular formula is C10H17BrN4. The van der Waals surface area contributed by atoms with Gasteiger partial charge < -0.3 is 10.6 Å². The lowest BCUT2D eigenvalue weighted by atomic mass is 10.2. The summed E-state index contributed by atoms with van der Waals surface area (Å²) in [6, 6.07) is 0. The van der Waals surface area contributed by atoms with Crippen LogP contribution >= 0.6 is 15.9 Å². The van der Waals surface area contributed by atoms with Gasteiger partial charge in [0.25, 0.3) is 0 Å². The van der Waals surface area contributed by atoms with E-state index in [1.807, 2.05) is 0 Å². The monoisotopic (exact) mass is 272 g/mol. The zero-order valence-corrected chi connectivity index (χ0v) is 11.0. The van der Waals surface area contributed by atoms with E-state index in [0.29, 0.717) is 11.7 Å². The van der Waals surface area contributed by atoms with E-state index in [1.54, 1.807) is 0 Å². The van der Waals surface area contributed by atoms with Crippen LogP contribution in [-0.4, -0.2) is 23.1 Å². The minimum Gasteiger partial charge on any atom is -0.383 e. The van der Waals surface area contributed by atoms with Gasteiger partial charge in [-0.3, -0.25) is 0 Å². The second kappa shape index (κ2) is 5.30. The number of hydrogen-bond donors (Lipinski definition) is 1. The molecule has 0 bridgehead atoms. The molecule has 0 aliphatic rings. The number of nitrogens with two attached hydrogens (primary N) is 1. The molecule has 1 aromatic heterocycles. The predicted molar refractivity (Wildman–Crippen MR) is 66.9 cm³/mol. The first-order valence-corrected chi connectivity index (χ1v) is 5.86. The average Bonchev–Trinajstić information content (AvgIpc) is 2.19. The molecule has 0 saturated carbocycles. The molecule has 4 nitrogen and oxygen atoms in total. The normalized spacial score (nSPS) is 10.7. The van der Waals surface area contributed by atoms with Gasteiger partial charge in [0.15, 0.2) is 0 Å². The zero-order valence-electron chi connectivity index (χ0n) is 9.37. The van der Waals surface area contributed by atoms with Gasteiger partial charge in [-0.25, -0.2) is 9.97 Å². The highest BCUT2D eigenvalue weighted by Crippen LogP contribution is 2.27. The summed E-state index contributed by atoms with van der Waals surface area (Å²) in [7, 11) is 0. The smallest absolute Gasteiger partial charge is 0.148 e. The first-order chi connectivity index (χ1) is 7.06. The largest absolute Gasteiger partial charge is 0.383 e. The van der Waals surface area contributed by atoms with Gasteiger partial charge in [-0.15, -0.1) is 0 Å². The molecule has 0 spiro atoms. The molecule has 0 aliphatic carbocycles. The number of halogens is 1. The Balaban J connectivity index is 2.96. The molecule has 0 unspecified atom stereocenters. The second-order valence-corrected chi connectivity index (χ2v) is 4.62. The third-order valence-corrected chi connectivity index (χ3v) is 2.83. The van der Waals surface area contributed by atoms with Crippen molar-refractivity contribution < 1.29 is 0 Å². The van der Waals surface area contributed by atoms with Crippen molar-refractivity contribution in [3.63, 3.8) is 0 Å². The first-order valence-electron chi connectivity index (χ1n) is 5.07. The Morgan fingerprint density at radius 1 is 1.47 bits per heavy atom. The van der Waals surface area contributed by atoms with Crippen LogP contribution in [-0.2, 0) is 0 Å². The number of hydrogen-bond acceptors (Lipinski definition) is 4. The van der Waals surface area contributed by atoms with Gasteiger partial charge in [-0.1, -0.05) is 13.8 Å². The number of rotatable bonds is 4. The quantitative estimate of drug-likeness (QED) is 0.914. The zero-order chi connectivity index (χ0) is 11.4. The lowest BCUT2D eigenvalue weighted by molar-refractivity contribution is 0.613. The minimum atomic E-state index is 0.488. The van der Waals surface area contributed by atoms with Gasteiger partial charge in [0.2, 0.25) is 0 Å². The molecule has 84 valence electrons. The van der Waals surface area contributed by atoms with Gasteiger partial charge in [0, 0.05) is 13.1 Å². The summed E-state index contributed by atoms with van der Waals surface area (Å²) in [5, 5.41) is 0. The van der Waals surface area contributed by atoms with Crippen LogP contribution in [0.1, 0.15) is 20.8 Å².